The van der Waals surface area contributed by atoms with Crippen LogP contribution in [0.25, 0.3) is 0 Å². The molecule has 6 atom stereocenters. The van der Waals surface area contributed by atoms with Crippen LogP contribution in [0.5, 0.6) is 11.5 Å². The van der Waals surface area contributed by atoms with Crippen molar-refractivity contribution in [3.8, 4) is 11.5 Å². The number of unbranched alkanes of at least 4 members (excludes halogenated alkanes) is 2. The number of aliphatic hydroxyl groups excluding tert-OH is 3. The van der Waals surface area contributed by atoms with Crippen LogP contribution < -0.4 is 14.8 Å². The van der Waals surface area contributed by atoms with Gasteiger partial charge >= 0.3 is 12.2 Å². The van der Waals surface area contributed by atoms with E-state index in [1.807, 2.05) is 57.2 Å². The number of aliphatic hydroxyl groups is 3. The highest BCUT2D eigenvalue weighted by atomic mass is 16.7. The standard InChI is InChI=1S/C45H63N3O11/c1-6-24-56-45-39(48(43(53)54-5)20-25-55-26-23-51)29-37(47-59-44(2,3)4)35-27-32(16-10-12-21-49)34(17-11-13-22-50)40(41(35)45)36-28-33(18-19-38(36)58-45)57-42(52)46-30-31-14-8-7-9-15-31/h6-9,14-15,18-19,27-28,32,34,39-41,49-51H,1,10-13,16-17,20-26,29-30H2,2-5H3,(H,46,52)/t32-,34+,39-,40+,41+,45+/m0/s1. The number of hydrogen-bond donors (Lipinski definition) is 4. The molecule has 1 fully saturated rings. The Kier molecular flexibility index (Phi) is 16.8. The lowest BCUT2D eigenvalue weighted by molar-refractivity contribution is -0.256. The van der Waals surface area contributed by atoms with E-state index >= 15 is 0 Å². The first-order valence-corrected chi connectivity index (χ1v) is 20.8. The summed E-state index contributed by atoms with van der Waals surface area (Å²) in [6, 6.07) is 14.1. The topological polar surface area (TPSA) is 178 Å². The van der Waals surface area contributed by atoms with Crippen LogP contribution >= 0.6 is 0 Å². The van der Waals surface area contributed by atoms with Crippen molar-refractivity contribution >= 4 is 17.9 Å². The molecule has 59 heavy (non-hydrogen) atoms. The zero-order valence-corrected chi connectivity index (χ0v) is 35.0. The molecule has 324 valence electrons. The van der Waals surface area contributed by atoms with Gasteiger partial charge in [-0.15, -0.1) is 6.58 Å². The van der Waals surface area contributed by atoms with Gasteiger partial charge < -0.3 is 49.2 Å². The fourth-order valence-corrected chi connectivity index (χ4v) is 8.64. The van der Waals surface area contributed by atoms with Gasteiger partial charge in [0.2, 0.25) is 5.79 Å². The van der Waals surface area contributed by atoms with Crippen molar-refractivity contribution in [1.82, 2.24) is 10.2 Å². The first-order valence-electron chi connectivity index (χ1n) is 20.8. The Bertz CT molecular complexity index is 1750. The van der Waals surface area contributed by atoms with E-state index in [-0.39, 0.29) is 70.4 Å². The number of nitrogens with zero attached hydrogens (tertiary/aromatic N) is 2. The van der Waals surface area contributed by atoms with E-state index in [4.69, 9.17) is 33.7 Å². The summed E-state index contributed by atoms with van der Waals surface area (Å²) in [5.41, 5.74) is 2.59. The third-order valence-electron chi connectivity index (χ3n) is 11.1. The highest BCUT2D eigenvalue weighted by Crippen LogP contribution is 2.62. The predicted molar refractivity (Wildman–Crippen MR) is 222 cm³/mol. The Morgan fingerprint density at radius 2 is 1.76 bits per heavy atom. The van der Waals surface area contributed by atoms with E-state index in [9.17, 15) is 24.9 Å². The molecule has 0 unspecified atom stereocenters. The predicted octanol–water partition coefficient (Wildman–Crippen LogP) is 6.48. The number of allylic oxidation sites excluding steroid dienone is 1. The highest BCUT2D eigenvalue weighted by molar-refractivity contribution is 6.03. The molecule has 0 aromatic heterocycles. The summed E-state index contributed by atoms with van der Waals surface area (Å²) in [5.74, 6) is -1.60. The largest absolute Gasteiger partial charge is 0.459 e. The molecular formula is C45H63N3O11. The van der Waals surface area contributed by atoms with Crippen LogP contribution in [0.4, 0.5) is 9.59 Å². The number of hydrogen-bond acceptors (Lipinski definition) is 12. The van der Waals surface area contributed by atoms with E-state index in [2.05, 4.69) is 18.0 Å². The maximum absolute atomic E-state index is 13.9. The molecule has 1 aliphatic heterocycles. The SMILES string of the molecule is C=CCO[C@@]12Oc3ccc(OC(=O)NCc4ccccc4)cc3[C@H]3[C@H](CCCCO)[C@@H](CCCCO)C=C(C(=NOC(C)(C)C)C[C@@H]1N(CCOCCO)C(=O)OC)[C@H]32. The van der Waals surface area contributed by atoms with Crippen LogP contribution in [0.15, 0.2) is 78.0 Å². The van der Waals surface area contributed by atoms with E-state index in [1.54, 1.807) is 23.1 Å². The second-order valence-electron chi connectivity index (χ2n) is 16.2. The number of methoxy groups -OCH3 is 1. The molecule has 2 aromatic rings. The van der Waals surface area contributed by atoms with Crippen LogP contribution in [0.1, 0.15) is 82.8 Å². The Morgan fingerprint density at radius 3 is 2.44 bits per heavy atom. The summed E-state index contributed by atoms with van der Waals surface area (Å²) >= 11 is 0. The smallest absolute Gasteiger partial charge is 0.412 e. The monoisotopic (exact) mass is 821 g/mol. The van der Waals surface area contributed by atoms with Gasteiger partial charge in [0.25, 0.3) is 0 Å². The molecule has 1 saturated carbocycles. The Labute approximate surface area is 348 Å². The van der Waals surface area contributed by atoms with E-state index < -0.39 is 35.5 Å². The average molecular weight is 822 g/mol. The summed E-state index contributed by atoms with van der Waals surface area (Å²) in [5, 5.41) is 36.8. The van der Waals surface area contributed by atoms with Gasteiger partial charge in [-0.25, -0.2) is 9.59 Å². The van der Waals surface area contributed by atoms with E-state index in [0.29, 0.717) is 36.6 Å². The summed E-state index contributed by atoms with van der Waals surface area (Å²) in [4.78, 5) is 34.8. The van der Waals surface area contributed by atoms with Crippen molar-refractivity contribution < 1.29 is 53.4 Å². The molecule has 0 spiro atoms. The molecule has 0 bridgehead atoms. The second kappa shape index (κ2) is 21.7. The molecule has 2 amide bonds. The number of nitrogens with one attached hydrogen (secondary N) is 1. The maximum Gasteiger partial charge on any atom is 0.412 e. The summed E-state index contributed by atoms with van der Waals surface area (Å²) in [6.45, 7) is 10.3. The number of fused-ring (bicyclic) bond motifs is 2. The molecule has 2 aromatic carbocycles. The Morgan fingerprint density at radius 1 is 1.02 bits per heavy atom. The normalized spacial score (nSPS) is 23.9. The minimum atomic E-state index is -1.51. The fourth-order valence-electron chi connectivity index (χ4n) is 8.64. The van der Waals surface area contributed by atoms with Crippen molar-refractivity contribution in [2.75, 3.05) is 53.3 Å². The van der Waals surface area contributed by atoms with Gasteiger partial charge in [-0.3, -0.25) is 4.90 Å². The molecule has 0 saturated heterocycles. The molecule has 14 nitrogen and oxygen atoms in total. The third-order valence-corrected chi connectivity index (χ3v) is 11.1. The number of oxime groups is 1. The van der Waals surface area contributed by atoms with Crippen molar-refractivity contribution in [3.63, 3.8) is 0 Å². The van der Waals surface area contributed by atoms with Gasteiger partial charge in [0, 0.05) is 44.2 Å². The minimum absolute atomic E-state index is 0.0123. The molecule has 1 heterocycles. The van der Waals surface area contributed by atoms with Crippen LogP contribution in [0.3, 0.4) is 0 Å². The number of ether oxygens (including phenoxy) is 5. The number of rotatable bonds is 21. The fraction of sp³-hybridized carbons (Fsp3) is 0.578. The highest BCUT2D eigenvalue weighted by Gasteiger charge is 2.65. The minimum Gasteiger partial charge on any atom is -0.459 e. The molecular weight excluding hydrogens is 759 g/mol. The summed E-state index contributed by atoms with van der Waals surface area (Å²) < 4.78 is 31.1. The second-order valence-corrected chi connectivity index (χ2v) is 16.2. The van der Waals surface area contributed by atoms with Gasteiger partial charge in [0.15, 0.2) is 0 Å². The van der Waals surface area contributed by atoms with Gasteiger partial charge in [0.1, 0.15) is 23.1 Å². The molecule has 0 radical (unpaired) electrons. The van der Waals surface area contributed by atoms with E-state index in [0.717, 1.165) is 42.4 Å². The number of carbonyl (C=O) groups excluding carboxylic acids is 2. The number of benzene rings is 2. The summed E-state index contributed by atoms with van der Waals surface area (Å²) in [7, 11) is 1.32. The van der Waals surface area contributed by atoms with Gasteiger partial charge in [-0.2, -0.15) is 0 Å². The molecule has 4 N–H and O–H groups in total. The van der Waals surface area contributed by atoms with Gasteiger partial charge in [-0.05, 0) is 87.6 Å². The van der Waals surface area contributed by atoms with Gasteiger partial charge in [0.05, 0.1) is 45.2 Å². The Balaban J connectivity index is 1.71. The lowest BCUT2D eigenvalue weighted by Crippen LogP contribution is -2.70. The molecule has 5 rings (SSSR count). The van der Waals surface area contributed by atoms with Crippen LogP contribution in [-0.4, -0.2) is 109 Å². The number of amides is 2. The molecule has 2 aliphatic carbocycles. The van der Waals surface area contributed by atoms with Crippen LogP contribution in [-0.2, 0) is 25.6 Å². The Hall–Kier alpha value is -4.47. The lowest BCUT2D eigenvalue weighted by atomic mass is 9.55. The van der Waals surface area contributed by atoms with Gasteiger partial charge in [-0.1, -0.05) is 60.5 Å². The zero-order chi connectivity index (χ0) is 42.4. The van der Waals surface area contributed by atoms with Crippen molar-refractivity contribution in [2.24, 2.45) is 22.9 Å². The lowest BCUT2D eigenvalue weighted by Gasteiger charge is -2.59. The third kappa shape index (κ3) is 11.4. The first-order chi connectivity index (χ1) is 28.5. The van der Waals surface area contributed by atoms with E-state index in [1.165, 1.54) is 7.11 Å². The van der Waals surface area contributed by atoms with Crippen LogP contribution in [0, 0.1) is 17.8 Å². The molecule has 3 aliphatic rings. The molecule has 14 heteroatoms. The average Bonchev–Trinajstić information content (AvgIpc) is 3.22. The zero-order valence-electron chi connectivity index (χ0n) is 35.0. The maximum atomic E-state index is 13.9. The van der Waals surface area contributed by atoms with Crippen molar-refractivity contribution in [3.05, 3.63) is 84.0 Å². The quantitative estimate of drug-likeness (QED) is 0.0616. The van der Waals surface area contributed by atoms with Crippen LogP contribution in [0.2, 0.25) is 0 Å². The summed E-state index contributed by atoms with van der Waals surface area (Å²) in [6.07, 6.45) is 7.13. The van der Waals surface area contributed by atoms with Crippen molar-refractivity contribution in [1.29, 1.82) is 0 Å². The first kappa shape index (κ1) is 45.6. The van der Waals surface area contributed by atoms with Crippen molar-refractivity contribution in [2.45, 2.75) is 95.6 Å². The number of carbonyl (C=O) groups is 2.